The molecule has 0 bridgehead atoms. The van der Waals surface area contributed by atoms with E-state index in [1.54, 1.807) is 31.2 Å². The lowest BCUT2D eigenvalue weighted by atomic mass is 10.2. The van der Waals surface area contributed by atoms with Gasteiger partial charge in [-0.1, -0.05) is 48.0 Å². The maximum absolute atomic E-state index is 12.4. The summed E-state index contributed by atoms with van der Waals surface area (Å²) in [5.74, 6) is -1.11. The van der Waals surface area contributed by atoms with Gasteiger partial charge in [0.1, 0.15) is 0 Å². The van der Waals surface area contributed by atoms with Gasteiger partial charge in [-0.15, -0.1) is 5.10 Å². The topological polar surface area (TPSA) is 86.1 Å². The monoisotopic (exact) mass is 398 g/mol. The molecule has 0 saturated carbocycles. The maximum Gasteiger partial charge on any atom is 0.361 e. The molecule has 7 nitrogen and oxygen atoms in total. The van der Waals surface area contributed by atoms with Gasteiger partial charge in [0.05, 0.1) is 11.4 Å². The summed E-state index contributed by atoms with van der Waals surface area (Å²) in [5.41, 5.74) is 2.00. The van der Waals surface area contributed by atoms with Crippen molar-refractivity contribution in [1.82, 2.24) is 20.3 Å². The molecule has 8 heteroatoms. The molecule has 144 valence electrons. The molecule has 28 heavy (non-hydrogen) atoms. The van der Waals surface area contributed by atoms with Crippen LogP contribution in [0.15, 0.2) is 54.6 Å². The number of nitrogens with one attached hydrogen (secondary N) is 1. The number of hydrogen-bond acceptors (Lipinski definition) is 5. The number of rotatable bonds is 6. The summed E-state index contributed by atoms with van der Waals surface area (Å²) in [6, 6.07) is 16.4. The normalized spacial score (nSPS) is 11.7. The minimum absolute atomic E-state index is 0.0442. The second kappa shape index (κ2) is 8.67. The number of aromatic nitrogens is 3. The molecular weight excluding hydrogens is 380 g/mol. The fourth-order valence-corrected chi connectivity index (χ4v) is 2.67. The first-order valence-electron chi connectivity index (χ1n) is 8.66. The van der Waals surface area contributed by atoms with Gasteiger partial charge in [0.25, 0.3) is 5.91 Å². The highest BCUT2D eigenvalue weighted by Gasteiger charge is 2.23. The summed E-state index contributed by atoms with van der Waals surface area (Å²) >= 11 is 5.98. The lowest BCUT2D eigenvalue weighted by molar-refractivity contribution is -0.129. The third-order valence-electron chi connectivity index (χ3n) is 3.98. The maximum atomic E-state index is 12.4. The van der Waals surface area contributed by atoms with Crippen molar-refractivity contribution in [1.29, 1.82) is 0 Å². The molecule has 0 unspecified atom stereocenters. The number of halogens is 1. The number of esters is 1. The molecule has 3 rings (SSSR count). The van der Waals surface area contributed by atoms with Crippen LogP contribution in [-0.4, -0.2) is 33.0 Å². The summed E-state index contributed by atoms with van der Waals surface area (Å²) in [6.07, 6.45) is -0.966. The van der Waals surface area contributed by atoms with Gasteiger partial charge in [-0.3, -0.25) is 4.79 Å². The molecule has 0 aliphatic carbocycles. The van der Waals surface area contributed by atoms with Crippen LogP contribution >= 0.6 is 11.6 Å². The SMILES string of the molecule is Cc1nn(-c2cccc(Cl)c2)nc1C(=O)O[C@H](C)C(=O)NCc1ccccc1. The van der Waals surface area contributed by atoms with Crippen molar-refractivity contribution in [3.63, 3.8) is 0 Å². The van der Waals surface area contributed by atoms with Crippen molar-refractivity contribution < 1.29 is 14.3 Å². The Morgan fingerprint density at radius 2 is 1.89 bits per heavy atom. The van der Waals surface area contributed by atoms with Crippen LogP contribution < -0.4 is 5.32 Å². The zero-order valence-electron chi connectivity index (χ0n) is 15.4. The van der Waals surface area contributed by atoms with Crippen molar-refractivity contribution in [3.05, 3.63) is 76.6 Å². The Labute approximate surface area is 167 Å². The lowest BCUT2D eigenvalue weighted by Crippen LogP contribution is -2.35. The molecule has 1 aromatic heterocycles. The summed E-state index contributed by atoms with van der Waals surface area (Å²) in [7, 11) is 0. The summed E-state index contributed by atoms with van der Waals surface area (Å²) in [5, 5.41) is 11.6. The number of aryl methyl sites for hydroxylation is 1. The molecule has 1 amide bonds. The average molecular weight is 399 g/mol. The van der Waals surface area contributed by atoms with E-state index in [2.05, 4.69) is 15.5 Å². The van der Waals surface area contributed by atoms with Crippen LogP contribution in [0.3, 0.4) is 0 Å². The minimum Gasteiger partial charge on any atom is -0.448 e. The van der Waals surface area contributed by atoms with Gasteiger partial charge in [-0.05, 0) is 37.6 Å². The fraction of sp³-hybridized carbons (Fsp3) is 0.200. The average Bonchev–Trinajstić information content (AvgIpc) is 3.08. The lowest BCUT2D eigenvalue weighted by Gasteiger charge is -2.12. The van der Waals surface area contributed by atoms with Crippen molar-refractivity contribution in [2.24, 2.45) is 0 Å². The molecule has 0 fully saturated rings. The van der Waals surface area contributed by atoms with Crippen LogP contribution in [-0.2, 0) is 16.1 Å². The first-order chi connectivity index (χ1) is 13.4. The van der Waals surface area contributed by atoms with Crippen LogP contribution in [0.2, 0.25) is 5.02 Å². The highest BCUT2D eigenvalue weighted by atomic mass is 35.5. The third-order valence-corrected chi connectivity index (χ3v) is 4.21. The predicted molar refractivity (Wildman–Crippen MR) is 104 cm³/mol. The number of ether oxygens (including phenoxy) is 1. The van der Waals surface area contributed by atoms with E-state index in [1.165, 1.54) is 11.7 Å². The van der Waals surface area contributed by atoms with Gasteiger partial charge in [-0.2, -0.15) is 9.90 Å². The Morgan fingerprint density at radius 1 is 1.14 bits per heavy atom. The molecule has 2 aromatic carbocycles. The molecule has 0 radical (unpaired) electrons. The van der Waals surface area contributed by atoms with Gasteiger partial charge in [-0.25, -0.2) is 4.79 Å². The molecule has 0 aliphatic rings. The summed E-state index contributed by atoms with van der Waals surface area (Å²) in [6.45, 7) is 3.51. The largest absolute Gasteiger partial charge is 0.448 e. The zero-order chi connectivity index (χ0) is 20.1. The Bertz CT molecular complexity index is 988. The first kappa shape index (κ1) is 19.6. The van der Waals surface area contributed by atoms with Crippen LogP contribution in [0.5, 0.6) is 0 Å². The number of hydrogen-bond donors (Lipinski definition) is 1. The Hall–Kier alpha value is -3.19. The molecular formula is C20H19ClN4O3. The smallest absolute Gasteiger partial charge is 0.361 e. The Kier molecular flexibility index (Phi) is 6.06. The Balaban J connectivity index is 1.63. The van der Waals surface area contributed by atoms with Crippen molar-refractivity contribution in [3.8, 4) is 5.69 Å². The number of carbonyl (C=O) groups is 2. The molecule has 3 aromatic rings. The van der Waals surface area contributed by atoms with E-state index in [0.717, 1.165) is 5.56 Å². The highest BCUT2D eigenvalue weighted by Crippen LogP contribution is 2.15. The van der Waals surface area contributed by atoms with E-state index in [4.69, 9.17) is 16.3 Å². The molecule has 0 spiro atoms. The van der Waals surface area contributed by atoms with Crippen molar-refractivity contribution in [2.75, 3.05) is 0 Å². The van der Waals surface area contributed by atoms with E-state index >= 15 is 0 Å². The number of benzene rings is 2. The van der Waals surface area contributed by atoms with Crippen LogP contribution in [0.1, 0.15) is 28.7 Å². The molecule has 0 aliphatic heterocycles. The zero-order valence-corrected chi connectivity index (χ0v) is 16.2. The van der Waals surface area contributed by atoms with Crippen molar-refractivity contribution >= 4 is 23.5 Å². The first-order valence-corrected chi connectivity index (χ1v) is 9.04. The summed E-state index contributed by atoms with van der Waals surface area (Å²) in [4.78, 5) is 25.9. The van der Waals surface area contributed by atoms with Gasteiger partial charge in [0.15, 0.2) is 11.8 Å². The minimum atomic E-state index is -0.966. The summed E-state index contributed by atoms with van der Waals surface area (Å²) < 4.78 is 5.25. The highest BCUT2D eigenvalue weighted by molar-refractivity contribution is 6.30. The molecule has 1 N–H and O–H groups in total. The fourth-order valence-electron chi connectivity index (χ4n) is 2.48. The molecule has 1 heterocycles. The number of nitrogens with zero attached hydrogens (tertiary/aromatic N) is 3. The second-order valence-electron chi connectivity index (χ2n) is 6.15. The van der Waals surface area contributed by atoms with E-state index in [9.17, 15) is 9.59 Å². The van der Waals surface area contributed by atoms with E-state index in [0.29, 0.717) is 22.9 Å². The van der Waals surface area contributed by atoms with Crippen LogP contribution in [0.25, 0.3) is 5.69 Å². The van der Waals surface area contributed by atoms with Crippen LogP contribution in [0.4, 0.5) is 0 Å². The third kappa shape index (κ3) is 4.75. The van der Waals surface area contributed by atoms with E-state index in [1.807, 2.05) is 30.3 Å². The van der Waals surface area contributed by atoms with Crippen LogP contribution in [0, 0.1) is 6.92 Å². The molecule has 1 atom stereocenters. The van der Waals surface area contributed by atoms with Crippen molar-refractivity contribution in [2.45, 2.75) is 26.5 Å². The van der Waals surface area contributed by atoms with E-state index < -0.39 is 18.0 Å². The van der Waals surface area contributed by atoms with E-state index in [-0.39, 0.29) is 5.69 Å². The standard InChI is InChI=1S/C20H19ClN4O3/c1-13-18(24-25(23-13)17-10-6-9-16(21)11-17)20(27)28-14(2)19(26)22-12-15-7-4-3-5-8-15/h3-11,14H,12H2,1-2H3,(H,22,26)/t14-/m1/s1. The molecule has 0 saturated heterocycles. The quantitative estimate of drug-likeness (QED) is 0.645. The Morgan fingerprint density at radius 3 is 2.61 bits per heavy atom. The number of carbonyl (C=O) groups excluding carboxylic acids is 2. The predicted octanol–water partition coefficient (Wildman–Crippen LogP) is 3.09. The van der Waals surface area contributed by atoms with Gasteiger partial charge in [0, 0.05) is 11.6 Å². The van der Waals surface area contributed by atoms with Gasteiger partial charge < -0.3 is 10.1 Å². The number of amides is 1. The van der Waals surface area contributed by atoms with Gasteiger partial charge in [0.2, 0.25) is 0 Å². The second-order valence-corrected chi connectivity index (χ2v) is 6.59. The van der Waals surface area contributed by atoms with Gasteiger partial charge >= 0.3 is 5.97 Å².